The van der Waals surface area contributed by atoms with Crippen LogP contribution in [0.4, 0.5) is 5.69 Å². The van der Waals surface area contributed by atoms with Gasteiger partial charge in [-0.2, -0.15) is 5.10 Å². The molecule has 1 N–H and O–H groups in total. The molecule has 0 amide bonds. The van der Waals surface area contributed by atoms with Gasteiger partial charge in [0.25, 0.3) is 0 Å². The average molecular weight is 287 g/mol. The summed E-state index contributed by atoms with van der Waals surface area (Å²) in [4.78, 5) is 11.7. The Kier molecular flexibility index (Phi) is 4.98. The highest BCUT2D eigenvalue weighted by atomic mass is 16.5. The van der Waals surface area contributed by atoms with Crippen LogP contribution in [0.25, 0.3) is 0 Å². The number of nitrogens with one attached hydrogen (secondary N) is 1. The molecule has 0 aliphatic carbocycles. The topological polar surface area (TPSA) is 56.1 Å². The molecule has 1 unspecified atom stereocenters. The molecule has 0 radical (unpaired) electrons. The maximum Gasteiger partial charge on any atom is 0.338 e. The fourth-order valence-corrected chi connectivity index (χ4v) is 2.11. The van der Waals surface area contributed by atoms with E-state index in [-0.39, 0.29) is 12.0 Å². The third-order valence-electron chi connectivity index (χ3n) is 3.24. The van der Waals surface area contributed by atoms with Gasteiger partial charge in [-0.15, -0.1) is 0 Å². The molecule has 1 atom stereocenters. The van der Waals surface area contributed by atoms with E-state index in [1.165, 1.54) is 0 Å². The van der Waals surface area contributed by atoms with Crippen molar-refractivity contribution in [3.63, 3.8) is 0 Å². The molecular formula is C16H21N3O2. The summed E-state index contributed by atoms with van der Waals surface area (Å²) in [5, 5.41) is 7.54. The lowest BCUT2D eigenvalue weighted by Gasteiger charge is -2.15. The molecule has 0 fully saturated rings. The molecule has 5 nitrogen and oxygen atoms in total. The van der Waals surface area contributed by atoms with E-state index >= 15 is 0 Å². The Labute approximate surface area is 124 Å². The smallest absolute Gasteiger partial charge is 0.338 e. The van der Waals surface area contributed by atoms with Gasteiger partial charge in [0.15, 0.2) is 0 Å². The molecule has 0 saturated carbocycles. The summed E-state index contributed by atoms with van der Waals surface area (Å²) in [7, 11) is 1.92. The van der Waals surface area contributed by atoms with Gasteiger partial charge in [-0.3, -0.25) is 4.68 Å². The van der Waals surface area contributed by atoms with E-state index in [4.69, 9.17) is 4.74 Å². The van der Waals surface area contributed by atoms with Crippen LogP contribution < -0.4 is 5.32 Å². The van der Waals surface area contributed by atoms with Crippen molar-refractivity contribution >= 4 is 11.7 Å². The lowest BCUT2D eigenvalue weighted by molar-refractivity contribution is 0.0505. The summed E-state index contributed by atoms with van der Waals surface area (Å²) >= 11 is 0. The molecule has 0 spiro atoms. The van der Waals surface area contributed by atoms with Crippen LogP contribution >= 0.6 is 0 Å². The predicted molar refractivity (Wildman–Crippen MR) is 82.3 cm³/mol. The van der Waals surface area contributed by atoms with E-state index in [9.17, 15) is 4.79 Å². The monoisotopic (exact) mass is 287 g/mol. The summed E-state index contributed by atoms with van der Waals surface area (Å²) in [6.07, 6.45) is 2.61. The first-order chi connectivity index (χ1) is 10.1. The van der Waals surface area contributed by atoms with Gasteiger partial charge < -0.3 is 10.1 Å². The average Bonchev–Trinajstić information content (AvgIpc) is 2.91. The van der Waals surface area contributed by atoms with Crippen molar-refractivity contribution in [3.05, 3.63) is 47.8 Å². The van der Waals surface area contributed by atoms with Crippen molar-refractivity contribution in [2.24, 2.45) is 7.05 Å². The number of carbonyl (C=O) groups excluding carboxylic acids is 1. The highest BCUT2D eigenvalue weighted by molar-refractivity contribution is 5.89. The molecule has 0 saturated heterocycles. The zero-order chi connectivity index (χ0) is 15.2. The molecule has 112 valence electrons. The maximum atomic E-state index is 11.7. The first-order valence-corrected chi connectivity index (χ1v) is 7.13. The molecule has 1 aromatic heterocycles. The van der Waals surface area contributed by atoms with E-state index in [0.717, 1.165) is 17.8 Å². The number of hydrogen-bond acceptors (Lipinski definition) is 4. The Hall–Kier alpha value is -2.30. The Morgan fingerprint density at radius 3 is 2.62 bits per heavy atom. The number of hydrogen-bond donors (Lipinski definition) is 1. The molecule has 2 aromatic rings. The van der Waals surface area contributed by atoms with E-state index in [1.807, 2.05) is 36.9 Å². The zero-order valence-corrected chi connectivity index (χ0v) is 12.7. The largest absolute Gasteiger partial charge is 0.462 e. The fraction of sp³-hybridized carbons (Fsp3) is 0.375. The SMILES string of the molecule is CCCOC(=O)c1ccc(NC(C)c2ccnn2C)cc1. The highest BCUT2D eigenvalue weighted by Crippen LogP contribution is 2.19. The second-order valence-electron chi connectivity index (χ2n) is 4.96. The first kappa shape index (κ1) is 15.1. The lowest BCUT2D eigenvalue weighted by Crippen LogP contribution is -2.11. The number of carbonyl (C=O) groups is 1. The van der Waals surface area contributed by atoms with Crippen LogP contribution in [0.1, 0.15) is 42.4 Å². The molecule has 5 heteroatoms. The zero-order valence-electron chi connectivity index (χ0n) is 12.7. The Bertz CT molecular complexity index is 590. The second kappa shape index (κ2) is 6.92. The minimum Gasteiger partial charge on any atom is -0.462 e. The number of rotatable bonds is 6. The van der Waals surface area contributed by atoms with Crippen molar-refractivity contribution in [2.45, 2.75) is 26.3 Å². The Morgan fingerprint density at radius 1 is 1.33 bits per heavy atom. The van der Waals surface area contributed by atoms with Gasteiger partial charge in [0.2, 0.25) is 0 Å². The minimum absolute atomic E-state index is 0.135. The third kappa shape index (κ3) is 3.84. The molecule has 2 rings (SSSR count). The quantitative estimate of drug-likeness (QED) is 0.829. The van der Waals surface area contributed by atoms with Gasteiger partial charge in [0.05, 0.1) is 23.9 Å². The van der Waals surface area contributed by atoms with Crippen molar-refractivity contribution in [2.75, 3.05) is 11.9 Å². The van der Waals surface area contributed by atoms with Gasteiger partial charge in [0.1, 0.15) is 0 Å². The fourth-order valence-electron chi connectivity index (χ4n) is 2.11. The lowest BCUT2D eigenvalue weighted by atomic mass is 10.1. The van der Waals surface area contributed by atoms with Crippen molar-refractivity contribution < 1.29 is 9.53 Å². The van der Waals surface area contributed by atoms with Crippen molar-refractivity contribution in [3.8, 4) is 0 Å². The maximum absolute atomic E-state index is 11.7. The van der Waals surface area contributed by atoms with E-state index in [1.54, 1.807) is 18.3 Å². The molecule has 21 heavy (non-hydrogen) atoms. The van der Waals surface area contributed by atoms with E-state index in [0.29, 0.717) is 12.2 Å². The summed E-state index contributed by atoms with van der Waals surface area (Å²) in [5.74, 6) is -0.275. The van der Waals surface area contributed by atoms with Gasteiger partial charge in [0, 0.05) is 18.9 Å². The number of benzene rings is 1. The molecule has 0 bridgehead atoms. The van der Waals surface area contributed by atoms with Crippen LogP contribution in [-0.4, -0.2) is 22.4 Å². The van der Waals surface area contributed by atoms with Crippen LogP contribution in [0.2, 0.25) is 0 Å². The minimum atomic E-state index is -0.275. The van der Waals surface area contributed by atoms with Gasteiger partial charge in [-0.25, -0.2) is 4.79 Å². The molecule has 0 aliphatic rings. The van der Waals surface area contributed by atoms with E-state index in [2.05, 4.69) is 17.3 Å². The Morgan fingerprint density at radius 2 is 2.05 bits per heavy atom. The third-order valence-corrected chi connectivity index (χ3v) is 3.24. The first-order valence-electron chi connectivity index (χ1n) is 7.13. The summed E-state index contributed by atoms with van der Waals surface area (Å²) < 4.78 is 6.94. The number of nitrogens with zero attached hydrogens (tertiary/aromatic N) is 2. The van der Waals surface area contributed by atoms with Gasteiger partial charge in [-0.1, -0.05) is 6.92 Å². The summed E-state index contributed by atoms with van der Waals surface area (Å²) in [5.41, 5.74) is 2.62. The van der Waals surface area contributed by atoms with Crippen LogP contribution in [0.3, 0.4) is 0 Å². The van der Waals surface area contributed by atoms with Gasteiger partial charge >= 0.3 is 5.97 Å². The van der Waals surface area contributed by atoms with Crippen LogP contribution in [0.15, 0.2) is 36.5 Å². The predicted octanol–water partition coefficient (Wildman–Crippen LogP) is 3.16. The number of ether oxygens (including phenoxy) is 1. The van der Waals surface area contributed by atoms with Crippen LogP contribution in [-0.2, 0) is 11.8 Å². The molecule has 1 heterocycles. The Balaban J connectivity index is 1.99. The van der Waals surface area contributed by atoms with Crippen LogP contribution in [0.5, 0.6) is 0 Å². The number of aryl methyl sites for hydroxylation is 1. The van der Waals surface area contributed by atoms with Gasteiger partial charge in [-0.05, 0) is 43.7 Å². The standard InChI is InChI=1S/C16H21N3O2/c1-4-11-21-16(20)13-5-7-14(8-6-13)18-12(2)15-9-10-17-19(15)3/h5-10,12,18H,4,11H2,1-3H3. The van der Waals surface area contributed by atoms with Crippen molar-refractivity contribution in [1.29, 1.82) is 0 Å². The molecular weight excluding hydrogens is 266 g/mol. The molecule has 0 aliphatic heterocycles. The normalized spacial score (nSPS) is 12.0. The summed E-state index contributed by atoms with van der Waals surface area (Å²) in [6, 6.07) is 9.43. The highest BCUT2D eigenvalue weighted by Gasteiger charge is 2.10. The number of esters is 1. The van der Waals surface area contributed by atoms with Crippen LogP contribution in [0, 0.1) is 0 Å². The summed E-state index contributed by atoms with van der Waals surface area (Å²) in [6.45, 7) is 4.50. The number of anilines is 1. The number of aromatic nitrogens is 2. The van der Waals surface area contributed by atoms with Crippen molar-refractivity contribution in [1.82, 2.24) is 9.78 Å². The second-order valence-corrected chi connectivity index (χ2v) is 4.96. The molecule has 1 aromatic carbocycles. The van der Waals surface area contributed by atoms with E-state index < -0.39 is 0 Å².